The monoisotopic (exact) mass is 429 g/mol. The molecule has 0 unspecified atom stereocenters. The minimum absolute atomic E-state index is 0.0199. The van der Waals surface area contributed by atoms with Crippen LogP contribution in [-0.2, 0) is 14.3 Å². The van der Waals surface area contributed by atoms with Gasteiger partial charge in [0.15, 0.2) is 5.78 Å². The first kappa shape index (κ1) is 23.3. The Morgan fingerprint density at radius 1 is 1.16 bits per heavy atom. The predicted molar refractivity (Wildman–Crippen MR) is 120 cm³/mol. The number of nitrogens with one attached hydrogen (secondary N) is 2. The Morgan fingerprint density at radius 3 is 2.45 bits per heavy atom. The first-order valence-electron chi connectivity index (χ1n) is 11.5. The Morgan fingerprint density at radius 2 is 1.84 bits per heavy atom. The molecule has 7 nitrogen and oxygen atoms in total. The Bertz CT molecular complexity index is 772. The number of Topliss-reactive ketones (excluding diaryl/α,β-unsaturated/α-hetero) is 1. The van der Waals surface area contributed by atoms with E-state index in [0.29, 0.717) is 18.6 Å². The van der Waals surface area contributed by atoms with Gasteiger partial charge in [-0.3, -0.25) is 14.4 Å². The molecule has 0 spiro atoms. The van der Waals surface area contributed by atoms with Crippen molar-refractivity contribution in [1.29, 1.82) is 0 Å². The summed E-state index contributed by atoms with van der Waals surface area (Å²) in [5.74, 6) is -0.535. The number of rotatable bonds is 8. The van der Waals surface area contributed by atoms with E-state index in [0.717, 1.165) is 25.2 Å². The summed E-state index contributed by atoms with van der Waals surface area (Å²) in [5, 5.41) is 5.77. The van der Waals surface area contributed by atoms with Crippen LogP contribution in [0.1, 0.15) is 56.8 Å². The number of nitrogens with zero attached hydrogens (tertiary/aromatic N) is 1. The maximum absolute atomic E-state index is 13.0. The van der Waals surface area contributed by atoms with Gasteiger partial charge in [-0.25, -0.2) is 0 Å². The lowest BCUT2D eigenvalue weighted by Gasteiger charge is -2.31. The van der Waals surface area contributed by atoms with Gasteiger partial charge in [0.05, 0.1) is 12.6 Å². The Labute approximate surface area is 184 Å². The number of carbonyl (C=O) groups excluding carboxylic acids is 3. The zero-order chi connectivity index (χ0) is 22.4. The molecular formula is C24H35N3O4. The van der Waals surface area contributed by atoms with Crippen LogP contribution in [0.3, 0.4) is 0 Å². The van der Waals surface area contributed by atoms with Crippen LogP contribution in [-0.4, -0.2) is 56.0 Å². The molecule has 2 aliphatic rings. The summed E-state index contributed by atoms with van der Waals surface area (Å²) < 4.78 is 5.32. The number of amides is 2. The molecule has 170 valence electrons. The summed E-state index contributed by atoms with van der Waals surface area (Å²) in [6.07, 6.45) is 3.63. The molecule has 2 saturated heterocycles. The molecule has 2 amide bonds. The number of ether oxygens (including phenoxy) is 1. The van der Waals surface area contributed by atoms with E-state index in [2.05, 4.69) is 15.5 Å². The molecule has 0 aromatic heterocycles. The van der Waals surface area contributed by atoms with E-state index in [1.54, 1.807) is 0 Å². The average molecular weight is 430 g/mol. The number of hydrogen-bond acceptors (Lipinski definition) is 5. The summed E-state index contributed by atoms with van der Waals surface area (Å²) in [6.45, 7) is 8.56. The third-order valence-electron chi connectivity index (χ3n) is 6.15. The van der Waals surface area contributed by atoms with Crippen LogP contribution in [0.4, 0.5) is 5.69 Å². The summed E-state index contributed by atoms with van der Waals surface area (Å²) >= 11 is 0. The van der Waals surface area contributed by atoms with Crippen LogP contribution in [0.5, 0.6) is 0 Å². The lowest BCUT2D eigenvalue weighted by Crippen LogP contribution is -2.56. The molecule has 2 fully saturated rings. The van der Waals surface area contributed by atoms with Gasteiger partial charge in [0.1, 0.15) is 12.6 Å². The minimum Gasteiger partial charge on any atom is -0.373 e. The minimum atomic E-state index is -0.695. The first-order chi connectivity index (χ1) is 14.9. The highest BCUT2D eigenvalue weighted by Crippen LogP contribution is 2.21. The second-order valence-electron chi connectivity index (χ2n) is 9.03. The summed E-state index contributed by atoms with van der Waals surface area (Å²) in [5.41, 5.74) is 1.65. The topological polar surface area (TPSA) is 87.7 Å². The molecule has 0 bridgehead atoms. The maximum Gasteiger partial charge on any atom is 0.251 e. The van der Waals surface area contributed by atoms with Gasteiger partial charge >= 0.3 is 0 Å². The van der Waals surface area contributed by atoms with E-state index >= 15 is 0 Å². The SMILES string of the molecule is CC[C@@H]1COCC(=O)[C@H]1NC(=O)[C@H](CC(C)C)NC(=O)c1ccc(N2CCCC2)cc1. The van der Waals surface area contributed by atoms with E-state index < -0.39 is 12.1 Å². The Hall–Kier alpha value is -2.41. The smallest absolute Gasteiger partial charge is 0.251 e. The van der Waals surface area contributed by atoms with Gasteiger partial charge in [-0.1, -0.05) is 20.8 Å². The lowest BCUT2D eigenvalue weighted by molar-refractivity contribution is -0.138. The fourth-order valence-corrected chi connectivity index (χ4v) is 4.31. The highest BCUT2D eigenvalue weighted by molar-refractivity contribution is 5.99. The lowest BCUT2D eigenvalue weighted by atomic mass is 9.91. The van der Waals surface area contributed by atoms with Crippen LogP contribution in [0.2, 0.25) is 0 Å². The highest BCUT2D eigenvalue weighted by Gasteiger charge is 2.34. The summed E-state index contributed by atoms with van der Waals surface area (Å²) in [4.78, 5) is 40.5. The van der Waals surface area contributed by atoms with Crippen molar-refractivity contribution in [2.24, 2.45) is 11.8 Å². The second kappa shape index (κ2) is 10.8. The van der Waals surface area contributed by atoms with Crippen LogP contribution >= 0.6 is 0 Å². The average Bonchev–Trinajstić information content (AvgIpc) is 3.29. The Kier molecular flexibility index (Phi) is 8.07. The van der Waals surface area contributed by atoms with E-state index in [9.17, 15) is 14.4 Å². The molecule has 31 heavy (non-hydrogen) atoms. The van der Waals surface area contributed by atoms with Crippen LogP contribution in [0.25, 0.3) is 0 Å². The van der Waals surface area contributed by atoms with Gasteiger partial charge in [-0.05, 0) is 55.9 Å². The quantitative estimate of drug-likeness (QED) is 0.663. The normalized spacial score (nSPS) is 22.5. The van der Waals surface area contributed by atoms with Crippen molar-refractivity contribution >= 4 is 23.3 Å². The number of anilines is 1. The molecule has 0 saturated carbocycles. The van der Waals surface area contributed by atoms with Crippen molar-refractivity contribution < 1.29 is 19.1 Å². The largest absolute Gasteiger partial charge is 0.373 e. The van der Waals surface area contributed by atoms with Crippen molar-refractivity contribution in [2.45, 2.75) is 58.5 Å². The second-order valence-corrected chi connectivity index (χ2v) is 9.03. The number of ketones is 1. The van der Waals surface area contributed by atoms with Crippen LogP contribution in [0.15, 0.2) is 24.3 Å². The molecule has 1 aromatic rings. The van der Waals surface area contributed by atoms with Crippen molar-refractivity contribution in [1.82, 2.24) is 10.6 Å². The maximum atomic E-state index is 13.0. The zero-order valence-corrected chi connectivity index (χ0v) is 18.9. The van der Waals surface area contributed by atoms with Gasteiger partial charge in [0.2, 0.25) is 5.91 Å². The number of hydrogen-bond donors (Lipinski definition) is 2. The number of benzene rings is 1. The Balaban J connectivity index is 1.66. The molecule has 2 N–H and O–H groups in total. The van der Waals surface area contributed by atoms with Crippen molar-refractivity contribution in [3.63, 3.8) is 0 Å². The third-order valence-corrected chi connectivity index (χ3v) is 6.15. The van der Waals surface area contributed by atoms with Gasteiger partial charge in [0.25, 0.3) is 5.91 Å². The van der Waals surface area contributed by atoms with E-state index in [1.165, 1.54) is 12.8 Å². The fourth-order valence-electron chi connectivity index (χ4n) is 4.31. The highest BCUT2D eigenvalue weighted by atomic mass is 16.5. The van der Waals surface area contributed by atoms with Crippen LogP contribution < -0.4 is 15.5 Å². The standard InChI is InChI=1S/C24H35N3O4/c1-4-17-14-31-15-21(28)22(17)26-24(30)20(13-16(2)3)25-23(29)18-7-9-19(10-8-18)27-11-5-6-12-27/h7-10,16-17,20,22H,4-6,11-15H2,1-3H3,(H,25,29)(H,26,30)/t17-,20+,22+/m1/s1. The van der Waals surface area contributed by atoms with E-state index in [-0.39, 0.29) is 36.0 Å². The summed E-state index contributed by atoms with van der Waals surface area (Å²) in [6, 6.07) is 6.29. The summed E-state index contributed by atoms with van der Waals surface area (Å²) in [7, 11) is 0. The first-order valence-corrected chi connectivity index (χ1v) is 11.5. The molecule has 3 rings (SSSR count). The van der Waals surface area contributed by atoms with Crippen LogP contribution in [0, 0.1) is 11.8 Å². The molecule has 0 radical (unpaired) electrons. The predicted octanol–water partition coefficient (Wildman–Crippen LogP) is 2.54. The van der Waals surface area contributed by atoms with E-state index in [4.69, 9.17) is 4.74 Å². The molecular weight excluding hydrogens is 394 g/mol. The van der Waals surface area contributed by atoms with E-state index in [1.807, 2.05) is 45.0 Å². The fraction of sp³-hybridized carbons (Fsp3) is 0.625. The van der Waals surface area contributed by atoms with Gasteiger partial charge in [-0.2, -0.15) is 0 Å². The van der Waals surface area contributed by atoms with Gasteiger partial charge in [0, 0.05) is 30.3 Å². The molecule has 2 heterocycles. The zero-order valence-electron chi connectivity index (χ0n) is 18.9. The molecule has 3 atom stereocenters. The molecule has 0 aliphatic carbocycles. The number of carbonyl (C=O) groups is 3. The third kappa shape index (κ3) is 6.06. The van der Waals surface area contributed by atoms with Crippen molar-refractivity contribution in [2.75, 3.05) is 31.2 Å². The molecule has 7 heteroatoms. The van der Waals surface area contributed by atoms with Crippen molar-refractivity contribution in [3.8, 4) is 0 Å². The van der Waals surface area contributed by atoms with Gasteiger partial charge < -0.3 is 20.3 Å². The van der Waals surface area contributed by atoms with Crippen molar-refractivity contribution in [3.05, 3.63) is 29.8 Å². The molecule has 2 aliphatic heterocycles. The molecule has 1 aromatic carbocycles. The van der Waals surface area contributed by atoms with Gasteiger partial charge in [-0.15, -0.1) is 0 Å².